The van der Waals surface area contributed by atoms with E-state index in [9.17, 15) is 4.79 Å². The first-order chi connectivity index (χ1) is 9.08. The molecule has 1 aromatic carbocycles. The third-order valence-corrected chi connectivity index (χ3v) is 2.83. The van der Waals surface area contributed by atoms with E-state index in [-0.39, 0.29) is 11.4 Å². The second kappa shape index (κ2) is 5.01. The Morgan fingerprint density at radius 2 is 2.00 bits per heavy atom. The van der Waals surface area contributed by atoms with Gasteiger partial charge in [0, 0.05) is 7.05 Å². The molecule has 6 nitrogen and oxygen atoms in total. The Hall–Kier alpha value is -2.50. The van der Waals surface area contributed by atoms with Gasteiger partial charge in [0.2, 0.25) is 0 Å². The van der Waals surface area contributed by atoms with Crippen LogP contribution in [0.4, 0.5) is 11.6 Å². The fourth-order valence-corrected chi connectivity index (χ4v) is 1.79. The number of hydrogen-bond acceptors (Lipinski definition) is 5. The van der Waals surface area contributed by atoms with E-state index in [1.165, 1.54) is 11.8 Å². The molecule has 0 atom stereocenters. The van der Waals surface area contributed by atoms with Gasteiger partial charge in [0.15, 0.2) is 5.82 Å². The lowest BCUT2D eigenvalue weighted by Crippen LogP contribution is -2.08. The van der Waals surface area contributed by atoms with E-state index in [1.54, 1.807) is 7.05 Å². The van der Waals surface area contributed by atoms with Crippen LogP contribution in [-0.4, -0.2) is 29.9 Å². The van der Waals surface area contributed by atoms with Crippen molar-refractivity contribution in [2.45, 2.75) is 6.92 Å². The van der Waals surface area contributed by atoms with Crippen molar-refractivity contribution in [3.63, 3.8) is 0 Å². The molecule has 0 aliphatic carbocycles. The summed E-state index contributed by atoms with van der Waals surface area (Å²) < 4.78 is 6.23. The maximum absolute atomic E-state index is 11.7. The Bertz CT molecular complexity index is 602. The van der Waals surface area contributed by atoms with Gasteiger partial charge >= 0.3 is 5.97 Å². The Labute approximate surface area is 111 Å². The number of hydrogen-bond donors (Lipinski definition) is 2. The summed E-state index contributed by atoms with van der Waals surface area (Å²) in [7, 11) is 2.98. The number of nitrogens with one attached hydrogen (secondary N) is 1. The minimum atomic E-state index is -0.514. The number of nitrogens with two attached hydrogens (primary N) is 1. The second-order valence-corrected chi connectivity index (χ2v) is 4.10. The Balaban J connectivity index is 2.56. The molecule has 0 saturated carbocycles. The van der Waals surface area contributed by atoms with Crippen LogP contribution in [-0.2, 0) is 4.74 Å². The highest BCUT2D eigenvalue weighted by atomic mass is 16.5. The quantitative estimate of drug-likeness (QED) is 0.819. The molecule has 0 radical (unpaired) electrons. The van der Waals surface area contributed by atoms with Crippen molar-refractivity contribution >= 4 is 17.6 Å². The standard InChI is InChI=1S/C13H16N4O2/c1-8-4-6-9(7-5-8)17-11(14)10(13(18)19-3)12(15-2)16-17/h4-7H,14H2,1-3H3,(H,15,16). The zero-order chi connectivity index (χ0) is 14.0. The van der Waals surface area contributed by atoms with Gasteiger partial charge in [-0.05, 0) is 19.1 Å². The number of aryl methyl sites for hydroxylation is 1. The van der Waals surface area contributed by atoms with E-state index in [1.807, 2.05) is 31.2 Å². The maximum Gasteiger partial charge on any atom is 0.345 e. The van der Waals surface area contributed by atoms with E-state index < -0.39 is 5.97 Å². The van der Waals surface area contributed by atoms with Crippen molar-refractivity contribution in [2.75, 3.05) is 25.2 Å². The number of esters is 1. The van der Waals surface area contributed by atoms with Crippen LogP contribution in [0, 0.1) is 6.92 Å². The molecule has 3 N–H and O–H groups in total. The van der Waals surface area contributed by atoms with Crippen LogP contribution in [0.3, 0.4) is 0 Å². The highest BCUT2D eigenvalue weighted by Crippen LogP contribution is 2.25. The van der Waals surface area contributed by atoms with Crippen LogP contribution in [0.1, 0.15) is 15.9 Å². The van der Waals surface area contributed by atoms with Gasteiger partial charge in [0.25, 0.3) is 0 Å². The molecule has 0 amide bonds. The smallest absolute Gasteiger partial charge is 0.345 e. The molecular weight excluding hydrogens is 244 g/mol. The molecule has 100 valence electrons. The van der Waals surface area contributed by atoms with Crippen LogP contribution in [0.15, 0.2) is 24.3 Å². The van der Waals surface area contributed by atoms with Crippen LogP contribution in [0.25, 0.3) is 5.69 Å². The first-order valence-electron chi connectivity index (χ1n) is 5.80. The van der Waals surface area contributed by atoms with Crippen molar-refractivity contribution in [3.05, 3.63) is 35.4 Å². The largest absolute Gasteiger partial charge is 0.465 e. The third-order valence-electron chi connectivity index (χ3n) is 2.83. The Morgan fingerprint density at radius 3 is 2.53 bits per heavy atom. The molecule has 0 unspecified atom stereocenters. The second-order valence-electron chi connectivity index (χ2n) is 4.10. The first-order valence-corrected chi connectivity index (χ1v) is 5.80. The molecule has 2 rings (SSSR count). The highest BCUT2D eigenvalue weighted by molar-refractivity contribution is 5.99. The Morgan fingerprint density at radius 1 is 1.37 bits per heavy atom. The van der Waals surface area contributed by atoms with Gasteiger partial charge in [-0.15, -0.1) is 5.10 Å². The summed E-state index contributed by atoms with van der Waals surface area (Å²) in [5.74, 6) is 0.130. The van der Waals surface area contributed by atoms with Crippen LogP contribution in [0.5, 0.6) is 0 Å². The summed E-state index contributed by atoms with van der Waals surface area (Å²) in [6, 6.07) is 7.68. The van der Waals surface area contributed by atoms with Gasteiger partial charge in [-0.2, -0.15) is 0 Å². The number of benzene rings is 1. The number of ether oxygens (including phenoxy) is 1. The minimum absolute atomic E-state index is 0.241. The number of nitrogens with zero attached hydrogens (tertiary/aromatic N) is 2. The average Bonchev–Trinajstić information content (AvgIpc) is 2.76. The summed E-state index contributed by atoms with van der Waals surface area (Å²) in [5, 5.41) is 7.12. The summed E-state index contributed by atoms with van der Waals surface area (Å²) in [5.41, 5.74) is 8.15. The van der Waals surface area contributed by atoms with Crippen LogP contribution in [0.2, 0.25) is 0 Å². The number of nitrogen functional groups attached to an aromatic ring is 1. The monoisotopic (exact) mass is 260 g/mol. The highest BCUT2D eigenvalue weighted by Gasteiger charge is 2.22. The summed E-state index contributed by atoms with van der Waals surface area (Å²) in [6.07, 6.45) is 0. The van der Waals surface area contributed by atoms with Gasteiger partial charge in [-0.3, -0.25) is 0 Å². The first kappa shape index (κ1) is 12.9. The zero-order valence-electron chi connectivity index (χ0n) is 11.1. The van der Waals surface area contributed by atoms with Gasteiger partial charge < -0.3 is 15.8 Å². The fourth-order valence-electron chi connectivity index (χ4n) is 1.79. The van der Waals surface area contributed by atoms with Crippen molar-refractivity contribution in [1.82, 2.24) is 9.78 Å². The number of aromatic nitrogens is 2. The number of anilines is 2. The molecule has 19 heavy (non-hydrogen) atoms. The molecule has 0 fully saturated rings. The molecule has 1 heterocycles. The predicted molar refractivity (Wildman–Crippen MR) is 73.6 cm³/mol. The molecule has 0 bridgehead atoms. The third kappa shape index (κ3) is 2.24. The lowest BCUT2D eigenvalue weighted by Gasteiger charge is -2.04. The lowest BCUT2D eigenvalue weighted by atomic mass is 10.2. The topological polar surface area (TPSA) is 82.2 Å². The van der Waals surface area contributed by atoms with Crippen LogP contribution >= 0.6 is 0 Å². The van der Waals surface area contributed by atoms with E-state index >= 15 is 0 Å². The summed E-state index contributed by atoms with van der Waals surface area (Å²) >= 11 is 0. The van der Waals surface area contributed by atoms with E-state index in [0.717, 1.165) is 11.3 Å². The van der Waals surface area contributed by atoms with Gasteiger partial charge in [-0.25, -0.2) is 9.48 Å². The average molecular weight is 260 g/mol. The minimum Gasteiger partial charge on any atom is -0.465 e. The van der Waals surface area contributed by atoms with Gasteiger partial charge in [0.1, 0.15) is 11.4 Å². The fraction of sp³-hybridized carbons (Fsp3) is 0.231. The van der Waals surface area contributed by atoms with E-state index in [0.29, 0.717) is 5.82 Å². The Kier molecular flexibility index (Phi) is 3.41. The molecule has 0 aliphatic rings. The van der Waals surface area contributed by atoms with Crippen molar-refractivity contribution in [1.29, 1.82) is 0 Å². The van der Waals surface area contributed by atoms with E-state index in [4.69, 9.17) is 10.5 Å². The number of carbonyl (C=O) groups excluding carboxylic acids is 1. The summed E-state index contributed by atoms with van der Waals surface area (Å²) in [4.78, 5) is 11.7. The van der Waals surface area contributed by atoms with Crippen LogP contribution < -0.4 is 11.1 Å². The molecular formula is C13H16N4O2. The number of rotatable bonds is 3. The lowest BCUT2D eigenvalue weighted by molar-refractivity contribution is 0.0603. The van der Waals surface area contributed by atoms with Gasteiger partial charge in [-0.1, -0.05) is 17.7 Å². The molecule has 0 spiro atoms. The molecule has 0 saturated heterocycles. The summed E-state index contributed by atoms with van der Waals surface area (Å²) in [6.45, 7) is 2.00. The SMILES string of the molecule is CNc1nn(-c2ccc(C)cc2)c(N)c1C(=O)OC. The number of carbonyl (C=O) groups is 1. The maximum atomic E-state index is 11.7. The molecule has 1 aromatic heterocycles. The van der Waals surface area contributed by atoms with Gasteiger partial charge in [0.05, 0.1) is 12.8 Å². The molecule has 0 aliphatic heterocycles. The number of methoxy groups -OCH3 is 1. The van der Waals surface area contributed by atoms with Crippen molar-refractivity contribution in [2.24, 2.45) is 0 Å². The van der Waals surface area contributed by atoms with E-state index in [2.05, 4.69) is 10.4 Å². The predicted octanol–water partition coefficient (Wildman–Crippen LogP) is 1.59. The molecule has 2 aromatic rings. The van der Waals surface area contributed by atoms with Crippen molar-refractivity contribution < 1.29 is 9.53 Å². The molecule has 6 heteroatoms. The normalized spacial score (nSPS) is 10.3. The zero-order valence-corrected chi connectivity index (χ0v) is 11.1. The van der Waals surface area contributed by atoms with Crippen molar-refractivity contribution in [3.8, 4) is 5.69 Å².